The molecule has 0 unspecified atom stereocenters. The Morgan fingerprint density at radius 2 is 0.829 bits per heavy atom. The lowest BCUT2D eigenvalue weighted by atomic mass is 10.0. The van der Waals surface area contributed by atoms with Crippen LogP contribution in [-0.4, -0.2) is 11.1 Å². The number of hydrogen-bond donors (Lipinski definition) is 0. The third-order valence-electron chi connectivity index (χ3n) is 6.13. The van der Waals surface area contributed by atoms with Gasteiger partial charge in [0.05, 0.1) is 0 Å². The standard InChI is InChI=1S/C32H24BrOP/c33-27-23-21-26(22-24-27)32(31(34)25-13-5-1-6-14-25)35(28-15-7-2-8-16-28,29-17-9-3-10-18-29)30-19-11-4-12-20-30/h1-24H. The van der Waals surface area contributed by atoms with Crippen molar-refractivity contribution < 1.29 is 4.79 Å². The quantitative estimate of drug-likeness (QED) is 0.172. The van der Waals surface area contributed by atoms with Crippen LogP contribution in [0, 0.1) is 0 Å². The van der Waals surface area contributed by atoms with Crippen LogP contribution in [0.3, 0.4) is 0 Å². The van der Waals surface area contributed by atoms with E-state index >= 15 is 0 Å². The van der Waals surface area contributed by atoms with Crippen molar-refractivity contribution in [1.29, 1.82) is 0 Å². The molecule has 35 heavy (non-hydrogen) atoms. The van der Waals surface area contributed by atoms with Crippen LogP contribution >= 0.6 is 22.8 Å². The van der Waals surface area contributed by atoms with Crippen molar-refractivity contribution in [2.45, 2.75) is 0 Å². The van der Waals surface area contributed by atoms with E-state index in [2.05, 4.69) is 101 Å². The molecule has 0 heterocycles. The Morgan fingerprint density at radius 1 is 0.457 bits per heavy atom. The van der Waals surface area contributed by atoms with Crippen LogP contribution < -0.4 is 15.9 Å². The monoisotopic (exact) mass is 534 g/mol. The van der Waals surface area contributed by atoms with Crippen molar-refractivity contribution in [3.05, 3.63) is 161 Å². The smallest absolute Gasteiger partial charge is 0.194 e. The van der Waals surface area contributed by atoms with Gasteiger partial charge in [-0.1, -0.05) is 149 Å². The lowest BCUT2D eigenvalue weighted by Gasteiger charge is -2.32. The van der Waals surface area contributed by atoms with Gasteiger partial charge in [0.2, 0.25) is 0 Å². The molecular weight excluding hydrogens is 511 g/mol. The third kappa shape index (κ3) is 4.48. The van der Waals surface area contributed by atoms with Crippen LogP contribution in [0.5, 0.6) is 0 Å². The number of carbonyl (C=O) groups excluding carboxylic acids is 1. The van der Waals surface area contributed by atoms with Gasteiger partial charge < -0.3 is 0 Å². The van der Waals surface area contributed by atoms with Gasteiger partial charge in [-0.05, 0) is 40.5 Å². The van der Waals surface area contributed by atoms with Gasteiger partial charge >= 0.3 is 0 Å². The molecule has 0 spiro atoms. The molecule has 0 aliphatic rings. The number of ketones is 1. The normalized spacial score (nSPS) is 11.1. The van der Waals surface area contributed by atoms with Gasteiger partial charge in [-0.15, -0.1) is 0 Å². The zero-order valence-corrected chi connectivity index (χ0v) is 21.6. The fraction of sp³-hybridized carbons (Fsp3) is 0. The highest BCUT2D eigenvalue weighted by Crippen LogP contribution is 2.48. The van der Waals surface area contributed by atoms with Crippen LogP contribution in [0.2, 0.25) is 0 Å². The topological polar surface area (TPSA) is 17.1 Å². The molecule has 0 aliphatic heterocycles. The maximum Gasteiger partial charge on any atom is 0.194 e. The number of benzene rings is 5. The summed E-state index contributed by atoms with van der Waals surface area (Å²) in [6, 6.07) is 49.4. The average molecular weight is 535 g/mol. The molecule has 0 atom stereocenters. The van der Waals surface area contributed by atoms with Gasteiger partial charge in [0, 0.05) is 15.3 Å². The van der Waals surface area contributed by atoms with Gasteiger partial charge in [0.1, 0.15) is 0 Å². The molecule has 5 aromatic carbocycles. The van der Waals surface area contributed by atoms with Gasteiger partial charge in [-0.3, -0.25) is 4.79 Å². The first-order valence-corrected chi connectivity index (χ1v) is 14.1. The number of Topliss-reactive ketones (excluding diaryl/α,β-unsaturated/α-hetero) is 1. The molecule has 5 rings (SSSR count). The minimum absolute atomic E-state index is 0.0535. The Balaban J connectivity index is 2.05. The van der Waals surface area contributed by atoms with Gasteiger partial charge in [0.15, 0.2) is 5.78 Å². The van der Waals surface area contributed by atoms with E-state index in [9.17, 15) is 4.79 Å². The Labute approximate surface area is 215 Å². The highest BCUT2D eigenvalue weighted by atomic mass is 79.9. The lowest BCUT2D eigenvalue weighted by molar-refractivity contribution is 0.106. The fourth-order valence-corrected chi connectivity index (χ4v) is 9.36. The molecule has 3 heteroatoms. The van der Waals surface area contributed by atoms with Crippen molar-refractivity contribution in [1.82, 2.24) is 0 Å². The molecule has 0 radical (unpaired) electrons. The van der Waals surface area contributed by atoms with E-state index in [-0.39, 0.29) is 5.78 Å². The number of halogens is 1. The zero-order valence-electron chi connectivity index (χ0n) is 19.1. The molecule has 0 amide bonds. The molecule has 0 N–H and O–H groups in total. The summed E-state index contributed by atoms with van der Waals surface area (Å²) in [7, 11) is 0. The predicted molar refractivity (Wildman–Crippen MR) is 154 cm³/mol. The maximum atomic E-state index is 14.6. The molecule has 1 nitrogen and oxygen atoms in total. The maximum absolute atomic E-state index is 14.6. The van der Waals surface area contributed by atoms with Gasteiger partial charge in [0.25, 0.3) is 0 Å². The molecule has 0 saturated carbocycles. The SMILES string of the molecule is O=C(C(c1ccc(Br)cc1)=P(c1ccccc1)(c1ccccc1)c1ccccc1)c1ccccc1. The van der Waals surface area contributed by atoms with E-state index in [1.807, 2.05) is 60.7 Å². The predicted octanol–water partition coefficient (Wildman–Crippen LogP) is 6.85. The second-order valence-corrected chi connectivity index (χ2v) is 12.5. The van der Waals surface area contributed by atoms with E-state index in [1.165, 1.54) is 0 Å². The molecule has 0 aliphatic carbocycles. The Bertz CT molecular complexity index is 1370. The fourth-order valence-electron chi connectivity index (χ4n) is 4.60. The molecule has 170 valence electrons. The molecule has 5 aromatic rings. The lowest BCUT2D eigenvalue weighted by Crippen LogP contribution is -2.34. The van der Waals surface area contributed by atoms with Crippen LogP contribution in [0.25, 0.3) is 0 Å². The Morgan fingerprint density at radius 3 is 1.23 bits per heavy atom. The van der Waals surface area contributed by atoms with Crippen molar-refractivity contribution in [3.8, 4) is 0 Å². The van der Waals surface area contributed by atoms with E-state index in [4.69, 9.17) is 0 Å². The molecule has 0 bridgehead atoms. The number of carbonyl (C=O) groups is 1. The van der Waals surface area contributed by atoms with E-state index < -0.39 is 6.89 Å². The second kappa shape index (κ2) is 10.4. The highest BCUT2D eigenvalue weighted by molar-refractivity contribution is 9.10. The van der Waals surface area contributed by atoms with Crippen molar-refractivity contribution in [2.24, 2.45) is 0 Å². The van der Waals surface area contributed by atoms with Gasteiger partial charge in [-0.2, -0.15) is 0 Å². The van der Waals surface area contributed by atoms with Crippen LogP contribution in [-0.2, 0) is 0 Å². The third-order valence-corrected chi connectivity index (χ3v) is 11.0. The summed E-state index contributed by atoms with van der Waals surface area (Å²) in [5.41, 5.74) is 1.63. The van der Waals surface area contributed by atoms with Crippen LogP contribution in [0.15, 0.2) is 150 Å². The van der Waals surface area contributed by atoms with Crippen molar-refractivity contribution >= 4 is 49.8 Å². The summed E-state index contributed by atoms with van der Waals surface area (Å²) < 4.78 is 0.982. The molecule has 0 fully saturated rings. The Hall–Kier alpha value is -3.45. The average Bonchev–Trinajstić information content (AvgIpc) is 2.94. The first kappa shape index (κ1) is 23.3. The largest absolute Gasteiger partial charge is 0.289 e. The first-order chi connectivity index (χ1) is 17.2. The highest BCUT2D eigenvalue weighted by Gasteiger charge is 2.34. The number of hydrogen-bond acceptors (Lipinski definition) is 1. The van der Waals surface area contributed by atoms with Gasteiger partial charge in [-0.25, -0.2) is 0 Å². The minimum atomic E-state index is -2.57. The molecular formula is C32H24BrOP. The Kier molecular flexibility index (Phi) is 6.95. The van der Waals surface area contributed by atoms with Crippen LogP contribution in [0.1, 0.15) is 15.9 Å². The second-order valence-electron chi connectivity index (χ2n) is 8.23. The minimum Gasteiger partial charge on any atom is -0.289 e. The summed E-state index contributed by atoms with van der Waals surface area (Å²) in [5, 5.41) is 4.29. The summed E-state index contributed by atoms with van der Waals surface area (Å²) in [4.78, 5) is 14.6. The van der Waals surface area contributed by atoms with E-state index in [0.717, 1.165) is 31.2 Å². The first-order valence-electron chi connectivity index (χ1n) is 11.5. The van der Waals surface area contributed by atoms with Crippen molar-refractivity contribution in [2.75, 3.05) is 0 Å². The van der Waals surface area contributed by atoms with E-state index in [1.54, 1.807) is 0 Å². The summed E-state index contributed by atoms with van der Waals surface area (Å²) in [5.74, 6) is 0.0535. The van der Waals surface area contributed by atoms with Crippen molar-refractivity contribution in [3.63, 3.8) is 0 Å². The number of rotatable bonds is 6. The zero-order chi connectivity index (χ0) is 24.1. The summed E-state index contributed by atoms with van der Waals surface area (Å²) in [6.07, 6.45) is 0. The summed E-state index contributed by atoms with van der Waals surface area (Å²) in [6.45, 7) is -2.57. The van der Waals surface area contributed by atoms with Crippen LogP contribution in [0.4, 0.5) is 0 Å². The summed E-state index contributed by atoms with van der Waals surface area (Å²) >= 11 is 3.58. The molecule has 0 aromatic heterocycles. The van der Waals surface area contributed by atoms with E-state index in [0.29, 0.717) is 5.56 Å². The molecule has 0 saturated heterocycles.